The zero-order chi connectivity index (χ0) is 18.4. The van der Waals surface area contributed by atoms with Crippen LogP contribution in [0.1, 0.15) is 37.8 Å². The van der Waals surface area contributed by atoms with Crippen LogP contribution in [0, 0.1) is 0 Å². The predicted octanol–water partition coefficient (Wildman–Crippen LogP) is 3.29. The van der Waals surface area contributed by atoms with Crippen LogP contribution in [0.15, 0.2) is 53.4 Å². The van der Waals surface area contributed by atoms with Gasteiger partial charge in [-0.2, -0.15) is 0 Å². The lowest BCUT2D eigenvalue weighted by atomic mass is 10.0. The van der Waals surface area contributed by atoms with Crippen molar-refractivity contribution in [3.63, 3.8) is 0 Å². The summed E-state index contributed by atoms with van der Waals surface area (Å²) >= 11 is 0. The SMILES string of the molecule is CC(=O)Nc1ccc(S(=O)(=O)NCCc2ccc(C(C)C)cc2)cc1. The van der Waals surface area contributed by atoms with Crippen molar-refractivity contribution in [1.82, 2.24) is 4.72 Å². The fourth-order valence-corrected chi connectivity index (χ4v) is 3.43. The molecule has 2 rings (SSSR count). The van der Waals surface area contributed by atoms with E-state index in [1.54, 1.807) is 12.1 Å². The minimum absolute atomic E-state index is 0.178. The first-order valence-corrected chi connectivity index (χ1v) is 9.72. The molecule has 0 aliphatic heterocycles. The molecule has 1 amide bonds. The molecule has 0 aromatic heterocycles. The van der Waals surface area contributed by atoms with E-state index in [-0.39, 0.29) is 10.8 Å². The predicted molar refractivity (Wildman–Crippen MR) is 100 cm³/mol. The summed E-state index contributed by atoms with van der Waals surface area (Å²) in [5.74, 6) is 0.283. The van der Waals surface area contributed by atoms with Crippen molar-refractivity contribution in [2.75, 3.05) is 11.9 Å². The third-order valence-electron chi connectivity index (χ3n) is 3.84. The second kappa shape index (κ2) is 8.27. The lowest BCUT2D eigenvalue weighted by Gasteiger charge is -2.09. The summed E-state index contributed by atoms with van der Waals surface area (Å²) in [5, 5.41) is 2.61. The maximum Gasteiger partial charge on any atom is 0.240 e. The molecule has 0 aliphatic rings. The van der Waals surface area contributed by atoms with E-state index in [9.17, 15) is 13.2 Å². The minimum atomic E-state index is -3.56. The largest absolute Gasteiger partial charge is 0.326 e. The van der Waals surface area contributed by atoms with Gasteiger partial charge in [-0.05, 0) is 47.7 Å². The van der Waals surface area contributed by atoms with Gasteiger partial charge in [-0.15, -0.1) is 0 Å². The average Bonchev–Trinajstić information content (AvgIpc) is 2.55. The number of amides is 1. The van der Waals surface area contributed by atoms with Crippen molar-refractivity contribution in [3.05, 3.63) is 59.7 Å². The van der Waals surface area contributed by atoms with E-state index in [0.717, 1.165) is 5.56 Å². The number of nitrogens with one attached hydrogen (secondary N) is 2. The number of rotatable bonds is 7. The Morgan fingerprint density at radius 2 is 1.60 bits per heavy atom. The summed E-state index contributed by atoms with van der Waals surface area (Å²) in [7, 11) is -3.56. The van der Waals surface area contributed by atoms with E-state index >= 15 is 0 Å². The van der Waals surface area contributed by atoms with Crippen molar-refractivity contribution in [2.24, 2.45) is 0 Å². The van der Waals surface area contributed by atoms with Gasteiger partial charge in [0.05, 0.1) is 4.90 Å². The molecule has 0 saturated heterocycles. The van der Waals surface area contributed by atoms with E-state index in [2.05, 4.69) is 36.0 Å². The normalized spacial score (nSPS) is 11.5. The Hall–Kier alpha value is -2.18. The Morgan fingerprint density at radius 1 is 1.00 bits per heavy atom. The van der Waals surface area contributed by atoms with Gasteiger partial charge in [0.1, 0.15) is 0 Å². The standard InChI is InChI=1S/C19H24N2O3S/c1-14(2)17-6-4-16(5-7-17)12-13-20-25(23,24)19-10-8-18(9-11-19)21-15(3)22/h4-11,14,20H,12-13H2,1-3H3,(H,21,22). The van der Waals surface area contributed by atoms with Crippen molar-refractivity contribution in [3.8, 4) is 0 Å². The first kappa shape index (κ1) is 19.1. The summed E-state index contributed by atoms with van der Waals surface area (Å²) in [6.45, 7) is 6.01. The van der Waals surface area contributed by atoms with Gasteiger partial charge in [0.15, 0.2) is 0 Å². The highest BCUT2D eigenvalue weighted by Crippen LogP contribution is 2.16. The van der Waals surface area contributed by atoms with Crippen LogP contribution in [0.2, 0.25) is 0 Å². The summed E-state index contributed by atoms with van der Waals surface area (Å²) in [6, 6.07) is 14.3. The van der Waals surface area contributed by atoms with Gasteiger partial charge in [-0.25, -0.2) is 13.1 Å². The summed E-state index contributed by atoms with van der Waals surface area (Å²) < 4.78 is 27.2. The molecule has 0 spiro atoms. The molecule has 0 heterocycles. The molecule has 0 aliphatic carbocycles. The van der Waals surface area contributed by atoms with Crippen LogP contribution in [0.3, 0.4) is 0 Å². The Labute approximate surface area is 149 Å². The van der Waals surface area contributed by atoms with Crippen molar-refractivity contribution in [1.29, 1.82) is 0 Å². The first-order valence-electron chi connectivity index (χ1n) is 8.24. The summed E-state index contributed by atoms with van der Waals surface area (Å²) in [4.78, 5) is 11.2. The molecule has 0 saturated carbocycles. The molecule has 2 aromatic rings. The van der Waals surface area contributed by atoms with Crippen LogP contribution in [0.5, 0.6) is 0 Å². The fourth-order valence-electron chi connectivity index (χ4n) is 2.40. The van der Waals surface area contributed by atoms with Gasteiger partial charge >= 0.3 is 0 Å². The Bertz CT molecular complexity index is 811. The Kier molecular flexibility index (Phi) is 6.33. The van der Waals surface area contributed by atoms with Crippen molar-refractivity contribution < 1.29 is 13.2 Å². The van der Waals surface area contributed by atoms with Gasteiger partial charge in [0.25, 0.3) is 0 Å². The lowest BCUT2D eigenvalue weighted by molar-refractivity contribution is -0.114. The minimum Gasteiger partial charge on any atom is -0.326 e. The number of carbonyl (C=O) groups excluding carboxylic acids is 1. The highest BCUT2D eigenvalue weighted by Gasteiger charge is 2.13. The van der Waals surface area contributed by atoms with E-state index < -0.39 is 10.0 Å². The Morgan fingerprint density at radius 3 is 2.12 bits per heavy atom. The van der Waals surface area contributed by atoms with Crippen LogP contribution in [0.25, 0.3) is 0 Å². The number of hydrogen-bond donors (Lipinski definition) is 2. The number of benzene rings is 2. The third kappa shape index (κ3) is 5.69. The number of anilines is 1. The second-order valence-electron chi connectivity index (χ2n) is 6.25. The lowest BCUT2D eigenvalue weighted by Crippen LogP contribution is -2.26. The Balaban J connectivity index is 1.93. The van der Waals surface area contributed by atoms with Crippen molar-refractivity contribution in [2.45, 2.75) is 38.0 Å². The van der Waals surface area contributed by atoms with Crippen LogP contribution in [-0.2, 0) is 21.2 Å². The average molecular weight is 360 g/mol. The van der Waals surface area contributed by atoms with Gasteiger partial charge in [-0.3, -0.25) is 4.79 Å². The maximum absolute atomic E-state index is 12.3. The highest BCUT2D eigenvalue weighted by atomic mass is 32.2. The van der Waals surface area contributed by atoms with Crippen LogP contribution >= 0.6 is 0 Å². The molecule has 134 valence electrons. The molecule has 6 heteroatoms. The smallest absolute Gasteiger partial charge is 0.240 e. The van der Waals surface area contributed by atoms with Gasteiger partial charge < -0.3 is 5.32 Å². The summed E-state index contributed by atoms with van der Waals surface area (Å²) in [5.41, 5.74) is 2.92. The monoisotopic (exact) mass is 360 g/mol. The van der Waals surface area contributed by atoms with Gasteiger partial charge in [0.2, 0.25) is 15.9 Å². The molecule has 0 bridgehead atoms. The molecule has 5 nitrogen and oxygen atoms in total. The third-order valence-corrected chi connectivity index (χ3v) is 5.31. The molecular weight excluding hydrogens is 336 g/mol. The quantitative estimate of drug-likeness (QED) is 0.795. The van der Waals surface area contributed by atoms with Gasteiger partial charge in [0, 0.05) is 19.2 Å². The zero-order valence-corrected chi connectivity index (χ0v) is 15.6. The maximum atomic E-state index is 12.3. The van der Waals surface area contributed by atoms with E-state index in [1.165, 1.54) is 24.6 Å². The highest BCUT2D eigenvalue weighted by molar-refractivity contribution is 7.89. The second-order valence-corrected chi connectivity index (χ2v) is 8.02. The van der Waals surface area contributed by atoms with Gasteiger partial charge in [-0.1, -0.05) is 38.1 Å². The molecule has 2 N–H and O–H groups in total. The molecule has 0 unspecified atom stereocenters. The van der Waals surface area contributed by atoms with E-state index in [4.69, 9.17) is 0 Å². The molecule has 25 heavy (non-hydrogen) atoms. The number of carbonyl (C=O) groups is 1. The number of hydrogen-bond acceptors (Lipinski definition) is 3. The molecular formula is C19H24N2O3S. The first-order chi connectivity index (χ1) is 11.8. The van der Waals surface area contributed by atoms with E-state index in [1.807, 2.05) is 12.1 Å². The van der Waals surface area contributed by atoms with Crippen LogP contribution in [0.4, 0.5) is 5.69 Å². The molecule has 0 fully saturated rings. The molecule has 0 radical (unpaired) electrons. The molecule has 0 atom stereocenters. The summed E-state index contributed by atoms with van der Waals surface area (Å²) in [6.07, 6.45) is 0.627. The zero-order valence-electron chi connectivity index (χ0n) is 14.7. The van der Waals surface area contributed by atoms with Crippen LogP contribution < -0.4 is 10.0 Å². The number of sulfonamides is 1. The van der Waals surface area contributed by atoms with Crippen molar-refractivity contribution >= 4 is 21.6 Å². The van der Waals surface area contributed by atoms with Crippen LogP contribution in [-0.4, -0.2) is 20.9 Å². The van der Waals surface area contributed by atoms with E-state index in [0.29, 0.717) is 24.6 Å². The topological polar surface area (TPSA) is 75.3 Å². The molecule has 2 aromatic carbocycles. The fraction of sp³-hybridized carbons (Fsp3) is 0.316.